The Bertz CT molecular complexity index is 1030. The van der Waals surface area contributed by atoms with E-state index in [0.717, 1.165) is 27.5 Å². The number of anilines is 1. The fourth-order valence-electron chi connectivity index (χ4n) is 2.33. The van der Waals surface area contributed by atoms with Crippen LogP contribution < -0.4 is 5.32 Å². The SMILES string of the molecule is C=COC(=NC)c1ccc(Cl)c(-c2ccc(NC(=O)c3snnc3C)s2)c1. The van der Waals surface area contributed by atoms with Crippen molar-refractivity contribution in [3.63, 3.8) is 0 Å². The Kier molecular flexibility index (Phi) is 6.00. The second-order valence-electron chi connectivity index (χ2n) is 5.31. The number of carbonyl (C=O) groups is 1. The van der Waals surface area contributed by atoms with Gasteiger partial charge in [-0.15, -0.1) is 16.4 Å². The zero-order valence-electron chi connectivity index (χ0n) is 14.5. The van der Waals surface area contributed by atoms with Crippen molar-refractivity contribution in [2.75, 3.05) is 12.4 Å². The van der Waals surface area contributed by atoms with Crippen molar-refractivity contribution >= 4 is 51.3 Å². The van der Waals surface area contributed by atoms with Gasteiger partial charge in [-0.05, 0) is 48.8 Å². The lowest BCUT2D eigenvalue weighted by molar-refractivity contribution is 0.103. The standard InChI is InChI=1S/C18H15ClN4O2S2/c1-4-25-18(20-3)11-5-6-13(19)12(9-11)14-7-8-15(26-14)21-17(24)16-10(2)22-23-27-16/h4-9H,1H2,2-3H3,(H,21,24). The van der Waals surface area contributed by atoms with Crippen LogP contribution in [0.3, 0.4) is 0 Å². The zero-order chi connectivity index (χ0) is 19.4. The third-order valence-electron chi connectivity index (χ3n) is 3.58. The largest absolute Gasteiger partial charge is 0.447 e. The molecule has 0 saturated heterocycles. The van der Waals surface area contributed by atoms with E-state index in [0.29, 0.717) is 26.5 Å². The van der Waals surface area contributed by atoms with Crippen molar-refractivity contribution < 1.29 is 9.53 Å². The number of thiophene rings is 1. The van der Waals surface area contributed by atoms with E-state index in [9.17, 15) is 4.79 Å². The van der Waals surface area contributed by atoms with Gasteiger partial charge in [-0.3, -0.25) is 9.79 Å². The van der Waals surface area contributed by atoms with Gasteiger partial charge in [0.2, 0.25) is 5.90 Å². The molecule has 0 aliphatic carbocycles. The first kappa shape index (κ1) is 19.2. The second-order valence-corrected chi connectivity index (χ2v) is 7.56. The predicted molar refractivity (Wildman–Crippen MR) is 111 cm³/mol. The van der Waals surface area contributed by atoms with E-state index < -0.39 is 0 Å². The Morgan fingerprint density at radius 3 is 2.85 bits per heavy atom. The Labute approximate surface area is 169 Å². The summed E-state index contributed by atoms with van der Waals surface area (Å²) < 4.78 is 9.11. The van der Waals surface area contributed by atoms with Gasteiger partial charge in [0.1, 0.15) is 4.88 Å². The molecule has 2 aromatic heterocycles. The molecule has 3 aromatic rings. The molecule has 27 heavy (non-hydrogen) atoms. The van der Waals surface area contributed by atoms with Gasteiger partial charge in [-0.25, -0.2) is 0 Å². The van der Waals surface area contributed by atoms with E-state index in [-0.39, 0.29) is 5.91 Å². The molecule has 0 bridgehead atoms. The van der Waals surface area contributed by atoms with Crippen LogP contribution >= 0.6 is 34.5 Å². The fourth-order valence-corrected chi connectivity index (χ4v) is 4.09. The maximum atomic E-state index is 12.3. The quantitative estimate of drug-likeness (QED) is 0.358. The lowest BCUT2D eigenvalue weighted by Crippen LogP contribution is -2.10. The molecular weight excluding hydrogens is 404 g/mol. The maximum Gasteiger partial charge on any atom is 0.269 e. The summed E-state index contributed by atoms with van der Waals surface area (Å²) in [6, 6.07) is 9.24. The van der Waals surface area contributed by atoms with Gasteiger partial charge in [0.25, 0.3) is 5.91 Å². The zero-order valence-corrected chi connectivity index (χ0v) is 16.9. The highest BCUT2D eigenvalue weighted by atomic mass is 35.5. The molecule has 9 heteroatoms. The molecule has 0 aliphatic rings. The molecule has 0 atom stereocenters. The van der Waals surface area contributed by atoms with Crippen molar-refractivity contribution in [3.05, 3.63) is 64.3 Å². The molecule has 0 unspecified atom stereocenters. The Morgan fingerprint density at radius 1 is 1.37 bits per heavy atom. The molecule has 1 N–H and O–H groups in total. The average Bonchev–Trinajstić information content (AvgIpc) is 3.29. The van der Waals surface area contributed by atoms with Crippen LogP contribution in [0.5, 0.6) is 0 Å². The molecule has 0 saturated carbocycles. The molecule has 0 fully saturated rings. The van der Waals surface area contributed by atoms with Crippen molar-refractivity contribution in [2.45, 2.75) is 6.92 Å². The summed E-state index contributed by atoms with van der Waals surface area (Å²) >= 11 is 8.87. The Morgan fingerprint density at radius 2 is 2.19 bits per heavy atom. The lowest BCUT2D eigenvalue weighted by Gasteiger charge is -2.08. The topological polar surface area (TPSA) is 76.5 Å². The van der Waals surface area contributed by atoms with Crippen molar-refractivity contribution in [2.24, 2.45) is 4.99 Å². The molecule has 0 aliphatic heterocycles. The first-order valence-corrected chi connectivity index (χ1v) is 9.75. The second kappa shape index (κ2) is 8.43. The van der Waals surface area contributed by atoms with Gasteiger partial charge in [0, 0.05) is 28.1 Å². The minimum absolute atomic E-state index is 0.226. The van der Waals surface area contributed by atoms with Crippen LogP contribution in [0.4, 0.5) is 5.00 Å². The molecule has 1 aromatic carbocycles. The van der Waals surface area contributed by atoms with E-state index in [2.05, 4.69) is 26.5 Å². The molecule has 0 spiro atoms. The predicted octanol–water partition coefficient (Wildman–Crippen LogP) is 5.02. The average molecular weight is 419 g/mol. The molecule has 1 amide bonds. The number of aliphatic imine (C=N–C) groups is 1. The number of aromatic nitrogens is 2. The summed E-state index contributed by atoms with van der Waals surface area (Å²) in [6.45, 7) is 5.31. The highest BCUT2D eigenvalue weighted by molar-refractivity contribution is 7.19. The van der Waals surface area contributed by atoms with Crippen molar-refractivity contribution in [1.82, 2.24) is 9.59 Å². The molecule has 3 rings (SSSR count). The minimum atomic E-state index is -0.226. The van der Waals surface area contributed by atoms with Crippen LogP contribution in [0, 0.1) is 6.92 Å². The minimum Gasteiger partial charge on any atom is -0.447 e. The smallest absolute Gasteiger partial charge is 0.269 e. The number of halogens is 1. The van der Waals surface area contributed by atoms with Crippen LogP contribution in [0.25, 0.3) is 10.4 Å². The summed E-state index contributed by atoms with van der Waals surface area (Å²) in [4.78, 5) is 17.8. The van der Waals surface area contributed by atoms with Gasteiger partial charge < -0.3 is 10.1 Å². The van der Waals surface area contributed by atoms with Crippen LogP contribution in [0.2, 0.25) is 5.02 Å². The number of hydrogen-bond donors (Lipinski definition) is 1. The normalized spacial score (nSPS) is 11.3. The number of nitrogens with one attached hydrogen (secondary N) is 1. The number of benzene rings is 1. The molecule has 6 nitrogen and oxygen atoms in total. The Hall–Kier alpha value is -2.55. The first-order valence-electron chi connectivity index (χ1n) is 7.78. The van der Waals surface area contributed by atoms with E-state index in [1.807, 2.05) is 24.3 Å². The van der Waals surface area contributed by atoms with E-state index in [1.165, 1.54) is 17.6 Å². The Balaban J connectivity index is 1.87. The summed E-state index contributed by atoms with van der Waals surface area (Å²) in [6.07, 6.45) is 1.33. The highest BCUT2D eigenvalue weighted by Crippen LogP contribution is 2.36. The third-order valence-corrected chi connectivity index (χ3v) is 5.77. The molecule has 138 valence electrons. The van der Waals surface area contributed by atoms with Crippen LogP contribution in [0.1, 0.15) is 20.9 Å². The first-order chi connectivity index (χ1) is 13.0. The lowest BCUT2D eigenvalue weighted by atomic mass is 10.1. The number of aryl methyl sites for hydroxylation is 1. The number of ether oxygens (including phenoxy) is 1. The number of amides is 1. The summed E-state index contributed by atoms with van der Waals surface area (Å²) in [5.74, 6) is 0.219. The summed E-state index contributed by atoms with van der Waals surface area (Å²) in [5.41, 5.74) is 2.21. The van der Waals surface area contributed by atoms with Gasteiger partial charge >= 0.3 is 0 Å². The van der Waals surface area contributed by atoms with Crippen molar-refractivity contribution in [3.8, 4) is 10.4 Å². The third kappa shape index (κ3) is 4.24. The molecule has 2 heterocycles. The molecule has 0 radical (unpaired) electrons. The monoisotopic (exact) mass is 418 g/mol. The van der Waals surface area contributed by atoms with Crippen LogP contribution in [-0.4, -0.2) is 28.4 Å². The van der Waals surface area contributed by atoms with Gasteiger partial charge in [0.05, 0.1) is 17.0 Å². The van der Waals surface area contributed by atoms with Crippen LogP contribution in [0.15, 0.2) is 48.2 Å². The fraction of sp³-hybridized carbons (Fsp3) is 0.111. The van der Waals surface area contributed by atoms with E-state index >= 15 is 0 Å². The number of nitrogens with zero attached hydrogens (tertiary/aromatic N) is 3. The maximum absolute atomic E-state index is 12.3. The number of hydrogen-bond acceptors (Lipinski definition) is 7. The number of rotatable bonds is 5. The van der Waals surface area contributed by atoms with E-state index in [1.54, 1.807) is 20.0 Å². The molecular formula is C18H15ClN4O2S2. The summed E-state index contributed by atoms with van der Waals surface area (Å²) in [7, 11) is 1.64. The van der Waals surface area contributed by atoms with Crippen LogP contribution in [-0.2, 0) is 4.74 Å². The van der Waals surface area contributed by atoms with Crippen molar-refractivity contribution in [1.29, 1.82) is 0 Å². The highest BCUT2D eigenvalue weighted by Gasteiger charge is 2.16. The summed E-state index contributed by atoms with van der Waals surface area (Å²) in [5, 5.41) is 8.02. The van der Waals surface area contributed by atoms with Gasteiger partial charge in [0.15, 0.2) is 0 Å². The number of carbonyl (C=O) groups excluding carboxylic acids is 1. The van der Waals surface area contributed by atoms with Gasteiger partial charge in [-0.1, -0.05) is 22.7 Å². The van der Waals surface area contributed by atoms with E-state index in [4.69, 9.17) is 16.3 Å². The van der Waals surface area contributed by atoms with Gasteiger partial charge in [-0.2, -0.15) is 0 Å².